The number of oxime groups is 1. The van der Waals surface area contributed by atoms with Crippen molar-refractivity contribution in [3.63, 3.8) is 0 Å². The number of piperidine rings is 1. The largest absolute Gasteiger partial charge is 0.493 e. The van der Waals surface area contributed by atoms with Crippen molar-refractivity contribution < 1.29 is 19.1 Å². The van der Waals surface area contributed by atoms with E-state index >= 15 is 0 Å². The molecule has 6 heteroatoms. The van der Waals surface area contributed by atoms with Crippen LogP contribution in [0.2, 0.25) is 0 Å². The summed E-state index contributed by atoms with van der Waals surface area (Å²) in [5, 5.41) is 4.34. The highest BCUT2D eigenvalue weighted by atomic mass is 16.7. The lowest BCUT2D eigenvalue weighted by Crippen LogP contribution is -2.49. The molecule has 180 valence electrons. The molecule has 0 spiro atoms. The van der Waals surface area contributed by atoms with Crippen molar-refractivity contribution in [1.82, 2.24) is 4.90 Å². The minimum absolute atomic E-state index is 0.0219. The first-order valence-corrected chi connectivity index (χ1v) is 12.5. The fourth-order valence-electron chi connectivity index (χ4n) is 5.42. The van der Waals surface area contributed by atoms with E-state index in [0.29, 0.717) is 12.3 Å². The summed E-state index contributed by atoms with van der Waals surface area (Å²) in [6.45, 7) is 3.35. The van der Waals surface area contributed by atoms with Crippen molar-refractivity contribution in [2.24, 2.45) is 5.16 Å². The topological polar surface area (TPSA) is 60.4 Å². The maximum atomic E-state index is 13.4. The number of hydrogen-bond acceptors (Lipinski definition) is 5. The standard InChI is InChI=1S/C28H34N2O4/c1-28(27(31)30-16-14-21(15-17-30)20-8-4-3-5-9-20)19-24(29-34-28)22-12-13-25(32-2)26(18-22)33-23-10-6-7-11-23/h3-5,8-9,12-13,18,21,23H,6-7,10-11,14-17,19H2,1-2H3. The fraction of sp³-hybridized carbons (Fsp3) is 0.500. The predicted octanol–water partition coefficient (Wildman–Crippen LogP) is 5.31. The highest BCUT2D eigenvalue weighted by Gasteiger charge is 2.45. The van der Waals surface area contributed by atoms with Gasteiger partial charge in [-0.1, -0.05) is 35.5 Å². The van der Waals surface area contributed by atoms with Gasteiger partial charge in [0, 0.05) is 25.1 Å². The molecule has 34 heavy (non-hydrogen) atoms. The summed E-state index contributed by atoms with van der Waals surface area (Å²) in [4.78, 5) is 21.2. The summed E-state index contributed by atoms with van der Waals surface area (Å²) in [6, 6.07) is 16.4. The van der Waals surface area contributed by atoms with Gasteiger partial charge in [-0.2, -0.15) is 0 Å². The van der Waals surface area contributed by atoms with E-state index in [-0.39, 0.29) is 12.0 Å². The molecule has 0 bridgehead atoms. The Kier molecular flexibility index (Phi) is 6.48. The highest BCUT2D eigenvalue weighted by molar-refractivity contribution is 6.05. The molecule has 0 N–H and O–H groups in total. The molecule has 1 amide bonds. The molecule has 2 fully saturated rings. The van der Waals surface area contributed by atoms with Gasteiger partial charge in [-0.15, -0.1) is 0 Å². The molecular formula is C28H34N2O4. The SMILES string of the molecule is COc1ccc(C2=NOC(C)(C(=O)N3CCC(c4ccccc4)CC3)C2)cc1OC1CCCC1. The molecule has 1 saturated heterocycles. The van der Waals surface area contributed by atoms with Crippen LogP contribution in [0.5, 0.6) is 11.5 Å². The van der Waals surface area contributed by atoms with Crippen molar-refractivity contribution in [3.05, 3.63) is 59.7 Å². The summed E-state index contributed by atoms with van der Waals surface area (Å²) in [5.41, 5.74) is 2.07. The third-order valence-electron chi connectivity index (χ3n) is 7.46. The Morgan fingerprint density at radius 2 is 1.76 bits per heavy atom. The van der Waals surface area contributed by atoms with Crippen LogP contribution in [0, 0.1) is 0 Å². The van der Waals surface area contributed by atoms with E-state index in [9.17, 15) is 4.79 Å². The maximum Gasteiger partial charge on any atom is 0.269 e. The number of rotatable bonds is 6. The first-order valence-electron chi connectivity index (χ1n) is 12.5. The van der Waals surface area contributed by atoms with E-state index in [1.54, 1.807) is 7.11 Å². The number of likely N-dealkylation sites (tertiary alicyclic amines) is 1. The van der Waals surface area contributed by atoms with Gasteiger partial charge in [-0.05, 0) is 75.1 Å². The van der Waals surface area contributed by atoms with Gasteiger partial charge in [0.2, 0.25) is 5.60 Å². The summed E-state index contributed by atoms with van der Waals surface area (Å²) in [5.74, 6) is 1.98. The molecule has 2 aromatic carbocycles. The van der Waals surface area contributed by atoms with Gasteiger partial charge < -0.3 is 19.2 Å². The van der Waals surface area contributed by atoms with E-state index in [0.717, 1.165) is 61.5 Å². The lowest BCUT2D eigenvalue weighted by Gasteiger charge is -2.35. The second-order valence-corrected chi connectivity index (χ2v) is 9.90. The number of benzene rings is 2. The van der Waals surface area contributed by atoms with Gasteiger partial charge in [0.1, 0.15) is 0 Å². The summed E-state index contributed by atoms with van der Waals surface area (Å²) in [7, 11) is 1.66. The predicted molar refractivity (Wildman–Crippen MR) is 132 cm³/mol. The number of carbonyl (C=O) groups is 1. The molecule has 2 heterocycles. The molecule has 2 aliphatic heterocycles. The molecule has 2 aromatic rings. The van der Waals surface area contributed by atoms with E-state index in [1.807, 2.05) is 36.1 Å². The van der Waals surface area contributed by atoms with Gasteiger partial charge in [0.15, 0.2) is 11.5 Å². The van der Waals surface area contributed by atoms with Crippen LogP contribution in [0.1, 0.15) is 68.9 Å². The maximum absolute atomic E-state index is 13.4. The van der Waals surface area contributed by atoms with Crippen LogP contribution in [0.25, 0.3) is 0 Å². The van der Waals surface area contributed by atoms with Crippen LogP contribution in [-0.4, -0.2) is 48.4 Å². The molecule has 0 radical (unpaired) electrons. The molecule has 3 aliphatic rings. The second kappa shape index (κ2) is 9.69. The van der Waals surface area contributed by atoms with Crippen LogP contribution in [-0.2, 0) is 9.63 Å². The molecule has 1 saturated carbocycles. The molecule has 1 atom stereocenters. The summed E-state index contributed by atoms with van der Waals surface area (Å²) >= 11 is 0. The first kappa shape index (κ1) is 22.8. The Hall–Kier alpha value is -3.02. The Bertz CT molecular complexity index is 1040. The van der Waals surface area contributed by atoms with Crippen LogP contribution >= 0.6 is 0 Å². The summed E-state index contributed by atoms with van der Waals surface area (Å²) < 4.78 is 11.8. The number of hydrogen-bond donors (Lipinski definition) is 0. The summed E-state index contributed by atoms with van der Waals surface area (Å²) in [6.07, 6.45) is 7.18. The minimum atomic E-state index is -0.971. The number of methoxy groups -OCH3 is 1. The van der Waals surface area contributed by atoms with Crippen LogP contribution in [0.3, 0.4) is 0 Å². The Morgan fingerprint density at radius 3 is 2.47 bits per heavy atom. The molecule has 1 unspecified atom stereocenters. The van der Waals surface area contributed by atoms with E-state index in [4.69, 9.17) is 14.3 Å². The molecule has 0 aromatic heterocycles. The lowest BCUT2D eigenvalue weighted by atomic mass is 9.88. The fourth-order valence-corrected chi connectivity index (χ4v) is 5.42. The molecular weight excluding hydrogens is 428 g/mol. The lowest BCUT2D eigenvalue weighted by molar-refractivity contribution is -0.154. The van der Waals surface area contributed by atoms with Gasteiger partial charge in [0.25, 0.3) is 5.91 Å². The molecule has 1 aliphatic carbocycles. The quantitative estimate of drug-likeness (QED) is 0.584. The monoisotopic (exact) mass is 462 g/mol. The van der Waals surface area contributed by atoms with Crippen molar-refractivity contribution in [2.75, 3.05) is 20.2 Å². The van der Waals surface area contributed by atoms with Crippen molar-refractivity contribution >= 4 is 11.6 Å². The van der Waals surface area contributed by atoms with E-state index < -0.39 is 5.60 Å². The Labute approximate surface area is 201 Å². The van der Waals surface area contributed by atoms with Crippen molar-refractivity contribution in [2.45, 2.75) is 69.5 Å². The smallest absolute Gasteiger partial charge is 0.269 e. The average molecular weight is 463 g/mol. The molecule has 5 rings (SSSR count). The van der Waals surface area contributed by atoms with Gasteiger partial charge in [-0.3, -0.25) is 4.79 Å². The van der Waals surface area contributed by atoms with Crippen molar-refractivity contribution in [3.8, 4) is 11.5 Å². The van der Waals surface area contributed by atoms with Gasteiger partial charge >= 0.3 is 0 Å². The number of ether oxygens (including phenoxy) is 2. The second-order valence-electron chi connectivity index (χ2n) is 9.90. The van der Waals surface area contributed by atoms with Crippen LogP contribution < -0.4 is 9.47 Å². The van der Waals surface area contributed by atoms with Crippen molar-refractivity contribution in [1.29, 1.82) is 0 Å². The third kappa shape index (κ3) is 4.63. The van der Waals surface area contributed by atoms with E-state index in [2.05, 4.69) is 29.4 Å². The zero-order chi connectivity index (χ0) is 23.5. The number of carbonyl (C=O) groups excluding carboxylic acids is 1. The van der Waals surface area contributed by atoms with E-state index in [1.165, 1.54) is 18.4 Å². The Balaban J connectivity index is 1.23. The Morgan fingerprint density at radius 1 is 1.03 bits per heavy atom. The molecule has 6 nitrogen and oxygen atoms in total. The normalized spacial score (nSPS) is 23.5. The zero-order valence-electron chi connectivity index (χ0n) is 20.2. The average Bonchev–Trinajstić information content (AvgIpc) is 3.55. The first-order chi connectivity index (χ1) is 16.6. The number of amides is 1. The minimum Gasteiger partial charge on any atom is -0.493 e. The van der Waals surface area contributed by atoms with Crippen LogP contribution in [0.15, 0.2) is 53.7 Å². The van der Waals surface area contributed by atoms with Gasteiger partial charge in [0.05, 0.1) is 18.9 Å². The van der Waals surface area contributed by atoms with Gasteiger partial charge in [-0.25, -0.2) is 0 Å². The zero-order valence-corrected chi connectivity index (χ0v) is 20.2. The third-order valence-corrected chi connectivity index (χ3v) is 7.46. The number of nitrogens with zero attached hydrogens (tertiary/aromatic N) is 2. The van der Waals surface area contributed by atoms with Crippen LogP contribution in [0.4, 0.5) is 0 Å². The highest BCUT2D eigenvalue weighted by Crippen LogP contribution is 2.36.